The van der Waals surface area contributed by atoms with Crippen LogP contribution < -0.4 is 5.73 Å². The average molecular weight is 532 g/mol. The third-order valence-electron chi connectivity index (χ3n) is 8.09. The van der Waals surface area contributed by atoms with Crippen LogP contribution in [0.15, 0.2) is 66.7 Å². The molecule has 8 heteroatoms. The predicted octanol–water partition coefficient (Wildman–Crippen LogP) is 6.32. The number of hydrogen-bond donors (Lipinski definition) is 2. The van der Waals surface area contributed by atoms with E-state index >= 15 is 0 Å². The molecule has 2 heterocycles. The first kappa shape index (κ1) is 25.2. The van der Waals surface area contributed by atoms with Gasteiger partial charge in [-0.05, 0) is 72.0 Å². The van der Waals surface area contributed by atoms with Crippen molar-refractivity contribution < 1.29 is 22.8 Å². The van der Waals surface area contributed by atoms with Crippen molar-refractivity contribution in [1.29, 1.82) is 0 Å². The molecular formula is C31H28F3N3O2. The molecule has 4 aromatic rings. The van der Waals surface area contributed by atoms with Crippen LogP contribution in [0.3, 0.4) is 0 Å². The van der Waals surface area contributed by atoms with Crippen molar-refractivity contribution >= 4 is 22.7 Å². The van der Waals surface area contributed by atoms with Gasteiger partial charge in [0.05, 0.1) is 10.9 Å². The lowest BCUT2D eigenvalue weighted by molar-refractivity contribution is -0.123. The Hall–Kier alpha value is -4.07. The van der Waals surface area contributed by atoms with E-state index in [9.17, 15) is 22.8 Å². The monoisotopic (exact) mass is 531 g/mol. The van der Waals surface area contributed by atoms with Gasteiger partial charge >= 0.3 is 0 Å². The van der Waals surface area contributed by atoms with E-state index in [1.54, 1.807) is 24.3 Å². The molecule has 0 bridgehead atoms. The molecule has 2 amide bonds. The largest absolute Gasteiger partial charge is 0.369 e. The summed E-state index contributed by atoms with van der Waals surface area (Å²) in [5, 5.41) is 0.941. The number of nitrogens with two attached hydrogens (primary N) is 1. The minimum atomic E-state index is -2.71. The molecule has 3 N–H and O–H groups in total. The number of fused-ring (bicyclic) bond motifs is 1. The van der Waals surface area contributed by atoms with Crippen molar-refractivity contribution in [2.45, 2.75) is 38.0 Å². The molecule has 2 aliphatic rings. The standard InChI is InChI=1S/C31H28F3N3O2/c32-24-7-5-20(6-8-24)26-17-22(15-23-16-25(36-27(23)26)18-30(9-10-30)29(35)39)19-1-3-21(4-2-19)28(38)37-13-11-31(33,34)12-14-37/h1-8,15-17,36H,9-14,18H2,(H2,35,39). The van der Waals surface area contributed by atoms with Gasteiger partial charge in [0.2, 0.25) is 5.91 Å². The van der Waals surface area contributed by atoms with Gasteiger partial charge in [-0.1, -0.05) is 24.3 Å². The van der Waals surface area contributed by atoms with E-state index in [2.05, 4.69) is 4.98 Å². The first-order chi connectivity index (χ1) is 18.6. The van der Waals surface area contributed by atoms with E-state index in [0.29, 0.717) is 12.0 Å². The number of primary amides is 1. The molecule has 5 nitrogen and oxygen atoms in total. The fourth-order valence-electron chi connectivity index (χ4n) is 5.47. The average Bonchev–Trinajstić information content (AvgIpc) is 3.59. The molecule has 1 aliphatic carbocycles. The number of hydrogen-bond acceptors (Lipinski definition) is 2. The number of rotatable bonds is 6. The van der Waals surface area contributed by atoms with Crippen LogP contribution in [-0.2, 0) is 11.2 Å². The van der Waals surface area contributed by atoms with Crippen LogP contribution in [0.1, 0.15) is 41.7 Å². The zero-order valence-electron chi connectivity index (χ0n) is 21.3. The Kier molecular flexibility index (Phi) is 6.01. The van der Waals surface area contributed by atoms with Gasteiger partial charge in [-0.25, -0.2) is 13.2 Å². The molecule has 0 spiro atoms. The van der Waals surface area contributed by atoms with E-state index in [4.69, 9.17) is 5.73 Å². The van der Waals surface area contributed by atoms with Gasteiger partial charge in [0, 0.05) is 54.6 Å². The summed E-state index contributed by atoms with van der Waals surface area (Å²) in [6, 6.07) is 19.5. The summed E-state index contributed by atoms with van der Waals surface area (Å²) in [4.78, 5) is 29.8. The van der Waals surface area contributed by atoms with Gasteiger partial charge in [-0.15, -0.1) is 0 Å². The van der Waals surface area contributed by atoms with E-state index < -0.39 is 11.3 Å². The summed E-state index contributed by atoms with van der Waals surface area (Å²) in [5.41, 5.74) is 10.9. The van der Waals surface area contributed by atoms with E-state index in [1.807, 2.05) is 30.3 Å². The SMILES string of the molecule is NC(=O)C1(Cc2cc3cc(-c4ccc(C(=O)N5CCC(F)(F)CC5)cc4)cc(-c4ccc(F)cc4)c3[nH]2)CC1. The first-order valence-corrected chi connectivity index (χ1v) is 13.1. The number of amides is 2. The minimum absolute atomic E-state index is 0.0398. The third-order valence-corrected chi connectivity index (χ3v) is 8.09. The highest BCUT2D eigenvalue weighted by atomic mass is 19.3. The Balaban J connectivity index is 1.34. The molecule has 2 fully saturated rings. The lowest BCUT2D eigenvalue weighted by Gasteiger charge is -2.31. The topological polar surface area (TPSA) is 79.2 Å². The van der Waals surface area contributed by atoms with Crippen molar-refractivity contribution in [3.63, 3.8) is 0 Å². The van der Waals surface area contributed by atoms with Crippen molar-refractivity contribution in [3.05, 3.63) is 83.8 Å². The lowest BCUT2D eigenvalue weighted by atomic mass is 9.95. The Labute approximate surface area is 223 Å². The van der Waals surface area contributed by atoms with Gasteiger partial charge < -0.3 is 15.6 Å². The molecule has 39 heavy (non-hydrogen) atoms. The maximum Gasteiger partial charge on any atom is 0.253 e. The van der Waals surface area contributed by atoms with Crippen molar-refractivity contribution in [2.24, 2.45) is 11.1 Å². The summed E-state index contributed by atoms with van der Waals surface area (Å²) in [5.74, 6) is -3.57. The van der Waals surface area contributed by atoms with Crippen LogP contribution in [-0.4, -0.2) is 40.7 Å². The second-order valence-corrected chi connectivity index (χ2v) is 10.8. The Morgan fingerprint density at radius 3 is 2.10 bits per heavy atom. The highest BCUT2D eigenvalue weighted by Crippen LogP contribution is 2.48. The van der Waals surface area contributed by atoms with E-state index in [1.165, 1.54) is 17.0 Å². The van der Waals surface area contributed by atoms with Gasteiger partial charge in [0.15, 0.2) is 0 Å². The van der Waals surface area contributed by atoms with Crippen molar-refractivity contribution in [3.8, 4) is 22.3 Å². The van der Waals surface area contributed by atoms with Gasteiger partial charge in [0.1, 0.15) is 5.82 Å². The number of piperidine rings is 1. The maximum atomic E-state index is 13.7. The molecule has 0 atom stereocenters. The molecule has 0 unspecified atom stereocenters. The normalized spacial score (nSPS) is 17.8. The second-order valence-electron chi connectivity index (χ2n) is 10.8. The number of aromatic nitrogens is 1. The van der Waals surface area contributed by atoms with Crippen LogP contribution in [0.2, 0.25) is 0 Å². The fraction of sp³-hybridized carbons (Fsp3) is 0.290. The summed E-state index contributed by atoms with van der Waals surface area (Å²) in [7, 11) is 0. The minimum Gasteiger partial charge on any atom is -0.369 e. The summed E-state index contributed by atoms with van der Waals surface area (Å²) >= 11 is 0. The van der Waals surface area contributed by atoms with Crippen LogP contribution in [0.5, 0.6) is 0 Å². The van der Waals surface area contributed by atoms with Gasteiger partial charge in [-0.3, -0.25) is 9.59 Å². The maximum absolute atomic E-state index is 13.7. The first-order valence-electron chi connectivity index (χ1n) is 13.1. The highest BCUT2D eigenvalue weighted by molar-refractivity contribution is 5.99. The Morgan fingerprint density at radius 1 is 0.846 bits per heavy atom. The van der Waals surface area contributed by atoms with Crippen molar-refractivity contribution in [2.75, 3.05) is 13.1 Å². The molecule has 1 saturated heterocycles. The molecule has 1 aliphatic heterocycles. The number of alkyl halides is 2. The molecule has 0 radical (unpaired) electrons. The number of benzene rings is 3. The number of carbonyl (C=O) groups excluding carboxylic acids is 2. The lowest BCUT2D eigenvalue weighted by Crippen LogP contribution is -2.42. The van der Waals surface area contributed by atoms with Gasteiger partial charge in [0.25, 0.3) is 11.8 Å². The predicted molar refractivity (Wildman–Crippen MR) is 144 cm³/mol. The molecule has 6 rings (SSSR count). The number of nitrogens with zero attached hydrogens (tertiary/aromatic N) is 1. The number of nitrogens with one attached hydrogen (secondary N) is 1. The molecule has 1 aromatic heterocycles. The number of H-pyrrole nitrogens is 1. The number of halogens is 3. The summed E-state index contributed by atoms with van der Waals surface area (Å²) < 4.78 is 40.7. The number of likely N-dealkylation sites (tertiary alicyclic amines) is 1. The fourth-order valence-corrected chi connectivity index (χ4v) is 5.47. The summed E-state index contributed by atoms with van der Waals surface area (Å²) in [6.45, 7) is 0.0797. The molecule has 3 aromatic carbocycles. The van der Waals surface area contributed by atoms with Gasteiger partial charge in [-0.2, -0.15) is 0 Å². The van der Waals surface area contributed by atoms with Crippen LogP contribution in [0.4, 0.5) is 13.2 Å². The molecular weight excluding hydrogens is 503 g/mol. The number of aromatic amines is 1. The highest BCUT2D eigenvalue weighted by Gasteiger charge is 2.48. The van der Waals surface area contributed by atoms with Crippen LogP contribution in [0.25, 0.3) is 33.2 Å². The zero-order valence-corrected chi connectivity index (χ0v) is 21.3. The summed E-state index contributed by atoms with van der Waals surface area (Å²) in [6.07, 6.45) is 1.45. The van der Waals surface area contributed by atoms with E-state index in [-0.39, 0.29) is 43.6 Å². The van der Waals surface area contributed by atoms with Crippen molar-refractivity contribution in [1.82, 2.24) is 9.88 Å². The molecule has 1 saturated carbocycles. The zero-order chi connectivity index (χ0) is 27.4. The molecule has 200 valence electrons. The third kappa shape index (κ3) is 4.91. The van der Waals surface area contributed by atoms with Crippen LogP contribution in [0, 0.1) is 11.2 Å². The van der Waals surface area contributed by atoms with E-state index in [0.717, 1.165) is 51.7 Å². The number of carbonyl (C=O) groups is 2. The smallest absolute Gasteiger partial charge is 0.253 e. The quantitative estimate of drug-likeness (QED) is 0.305. The second kappa shape index (κ2) is 9.29. The van der Waals surface area contributed by atoms with Crippen LogP contribution >= 0.6 is 0 Å². The Bertz CT molecular complexity index is 1560. The Morgan fingerprint density at radius 2 is 1.49 bits per heavy atom.